The van der Waals surface area contributed by atoms with E-state index in [9.17, 15) is 0 Å². The Bertz CT molecular complexity index is 153. The van der Waals surface area contributed by atoms with Gasteiger partial charge in [-0.3, -0.25) is 4.90 Å². The lowest BCUT2D eigenvalue weighted by Crippen LogP contribution is -2.65. The average molecular weight is 155 g/mol. The van der Waals surface area contributed by atoms with E-state index in [2.05, 4.69) is 18.7 Å². The Morgan fingerprint density at radius 2 is 1.91 bits per heavy atom. The Morgan fingerprint density at radius 1 is 1.36 bits per heavy atom. The molecule has 0 aromatic heterocycles. The van der Waals surface area contributed by atoms with Gasteiger partial charge in [0.25, 0.3) is 0 Å². The minimum atomic E-state index is 0.0179. The van der Waals surface area contributed by atoms with Gasteiger partial charge in [-0.15, -0.1) is 0 Å². The molecule has 11 heavy (non-hydrogen) atoms. The highest BCUT2D eigenvalue weighted by Crippen LogP contribution is 2.48. The first kappa shape index (κ1) is 7.56. The summed E-state index contributed by atoms with van der Waals surface area (Å²) in [6.45, 7) is 6.92. The zero-order valence-electron chi connectivity index (χ0n) is 7.38. The fraction of sp³-hybridized carbons (Fsp3) is 1.00. The van der Waals surface area contributed by atoms with Crippen molar-refractivity contribution in [2.45, 2.75) is 38.8 Å². The third kappa shape index (κ3) is 1.09. The Labute approximate surface area is 68.2 Å². The van der Waals surface area contributed by atoms with Crippen LogP contribution in [0.5, 0.6) is 0 Å². The van der Waals surface area contributed by atoms with Crippen LogP contribution in [0.4, 0.5) is 0 Å². The molecule has 0 amide bonds. The number of hydrogen-bond acceptors (Lipinski definition) is 2. The van der Waals surface area contributed by atoms with Gasteiger partial charge in [-0.2, -0.15) is 0 Å². The highest BCUT2D eigenvalue weighted by molar-refractivity contribution is 5.04. The second-order valence-electron chi connectivity index (χ2n) is 4.56. The highest BCUT2D eigenvalue weighted by atomic mass is 16.3. The SMILES string of the molecule is CC(C)N1CC2(CC(O)C2)C1. The van der Waals surface area contributed by atoms with Crippen LogP contribution in [0.2, 0.25) is 0 Å². The number of likely N-dealkylation sites (tertiary alicyclic amines) is 1. The lowest BCUT2D eigenvalue weighted by Gasteiger charge is -2.59. The van der Waals surface area contributed by atoms with Crippen LogP contribution in [0.15, 0.2) is 0 Å². The summed E-state index contributed by atoms with van der Waals surface area (Å²) in [6.07, 6.45) is 2.12. The minimum Gasteiger partial charge on any atom is -0.393 e. The van der Waals surface area contributed by atoms with Gasteiger partial charge >= 0.3 is 0 Å². The lowest BCUT2D eigenvalue weighted by molar-refractivity contribution is -0.137. The second kappa shape index (κ2) is 2.20. The standard InChI is InChI=1S/C9H17NO/c1-7(2)10-5-9(6-10)3-8(11)4-9/h7-8,11H,3-6H2,1-2H3. The van der Waals surface area contributed by atoms with Gasteiger partial charge < -0.3 is 5.11 Å². The average Bonchev–Trinajstić information content (AvgIpc) is 1.73. The van der Waals surface area contributed by atoms with Gasteiger partial charge in [0.1, 0.15) is 0 Å². The molecule has 1 aliphatic heterocycles. The smallest absolute Gasteiger partial charge is 0.0552 e. The van der Waals surface area contributed by atoms with Crippen molar-refractivity contribution >= 4 is 0 Å². The van der Waals surface area contributed by atoms with E-state index in [0.29, 0.717) is 11.5 Å². The maximum atomic E-state index is 9.15. The molecule has 1 saturated carbocycles. The number of aliphatic hydroxyl groups is 1. The number of aliphatic hydroxyl groups excluding tert-OH is 1. The van der Waals surface area contributed by atoms with E-state index in [4.69, 9.17) is 5.11 Å². The first-order valence-electron chi connectivity index (χ1n) is 4.53. The summed E-state index contributed by atoms with van der Waals surface area (Å²) in [4.78, 5) is 2.48. The molecule has 2 fully saturated rings. The van der Waals surface area contributed by atoms with Crippen molar-refractivity contribution in [1.29, 1.82) is 0 Å². The largest absolute Gasteiger partial charge is 0.393 e. The van der Waals surface area contributed by atoms with Gasteiger partial charge in [0, 0.05) is 24.5 Å². The van der Waals surface area contributed by atoms with Crippen LogP contribution >= 0.6 is 0 Å². The molecule has 1 N–H and O–H groups in total. The molecule has 1 spiro atoms. The summed E-state index contributed by atoms with van der Waals surface area (Å²) in [7, 11) is 0. The van der Waals surface area contributed by atoms with Crippen LogP contribution in [-0.2, 0) is 0 Å². The zero-order chi connectivity index (χ0) is 8.06. The summed E-state index contributed by atoms with van der Waals surface area (Å²) >= 11 is 0. The van der Waals surface area contributed by atoms with Crippen molar-refractivity contribution < 1.29 is 5.11 Å². The normalized spacial score (nSPS) is 30.5. The fourth-order valence-electron chi connectivity index (χ4n) is 2.38. The number of nitrogens with zero attached hydrogens (tertiary/aromatic N) is 1. The summed E-state index contributed by atoms with van der Waals surface area (Å²) in [6, 6.07) is 0.693. The third-order valence-electron chi connectivity index (χ3n) is 3.14. The third-order valence-corrected chi connectivity index (χ3v) is 3.14. The molecule has 0 aromatic carbocycles. The van der Waals surface area contributed by atoms with Crippen molar-refractivity contribution in [3.05, 3.63) is 0 Å². The summed E-state index contributed by atoms with van der Waals surface area (Å²) in [5.41, 5.74) is 0.545. The molecule has 1 saturated heterocycles. The highest BCUT2D eigenvalue weighted by Gasteiger charge is 2.52. The molecule has 2 aliphatic rings. The van der Waals surface area contributed by atoms with Crippen molar-refractivity contribution in [3.63, 3.8) is 0 Å². The Hall–Kier alpha value is -0.0800. The molecular weight excluding hydrogens is 138 g/mol. The van der Waals surface area contributed by atoms with Crippen molar-refractivity contribution in [2.75, 3.05) is 13.1 Å². The molecule has 64 valence electrons. The quantitative estimate of drug-likeness (QED) is 0.607. The monoisotopic (exact) mass is 155 g/mol. The van der Waals surface area contributed by atoms with Crippen molar-refractivity contribution in [1.82, 2.24) is 4.90 Å². The van der Waals surface area contributed by atoms with Gasteiger partial charge in [0.05, 0.1) is 6.10 Å². The van der Waals surface area contributed by atoms with Gasteiger partial charge in [-0.1, -0.05) is 0 Å². The molecule has 0 radical (unpaired) electrons. The van der Waals surface area contributed by atoms with E-state index in [1.165, 1.54) is 13.1 Å². The van der Waals surface area contributed by atoms with E-state index in [1.54, 1.807) is 0 Å². The Kier molecular flexibility index (Phi) is 1.52. The van der Waals surface area contributed by atoms with E-state index in [-0.39, 0.29) is 6.10 Å². The summed E-state index contributed by atoms with van der Waals surface area (Å²) < 4.78 is 0. The first-order chi connectivity index (χ1) is 5.11. The molecule has 1 aliphatic carbocycles. The topological polar surface area (TPSA) is 23.5 Å². The van der Waals surface area contributed by atoms with Crippen molar-refractivity contribution in [2.24, 2.45) is 5.41 Å². The fourth-order valence-corrected chi connectivity index (χ4v) is 2.38. The number of hydrogen-bond donors (Lipinski definition) is 1. The zero-order valence-corrected chi connectivity index (χ0v) is 7.38. The molecule has 2 heteroatoms. The van der Waals surface area contributed by atoms with Gasteiger partial charge in [0.15, 0.2) is 0 Å². The molecular formula is C9H17NO. The lowest BCUT2D eigenvalue weighted by atomic mass is 9.61. The van der Waals surface area contributed by atoms with E-state index in [1.807, 2.05) is 0 Å². The minimum absolute atomic E-state index is 0.0179. The van der Waals surface area contributed by atoms with E-state index in [0.717, 1.165) is 12.8 Å². The molecule has 0 bridgehead atoms. The Balaban J connectivity index is 1.80. The van der Waals surface area contributed by atoms with Gasteiger partial charge in [-0.05, 0) is 26.7 Å². The predicted octanol–water partition coefficient (Wildman–Crippen LogP) is 0.851. The maximum absolute atomic E-state index is 9.15. The molecule has 1 heterocycles. The van der Waals surface area contributed by atoms with E-state index >= 15 is 0 Å². The van der Waals surface area contributed by atoms with Crippen LogP contribution < -0.4 is 0 Å². The maximum Gasteiger partial charge on any atom is 0.0552 e. The molecule has 0 aromatic rings. The molecule has 2 rings (SSSR count). The van der Waals surface area contributed by atoms with Crippen LogP contribution in [0.1, 0.15) is 26.7 Å². The van der Waals surface area contributed by atoms with Gasteiger partial charge in [0.2, 0.25) is 0 Å². The molecule has 2 nitrogen and oxygen atoms in total. The van der Waals surface area contributed by atoms with E-state index < -0.39 is 0 Å². The Morgan fingerprint density at radius 3 is 2.27 bits per heavy atom. The second-order valence-corrected chi connectivity index (χ2v) is 4.56. The van der Waals surface area contributed by atoms with Gasteiger partial charge in [-0.25, -0.2) is 0 Å². The molecule has 0 atom stereocenters. The summed E-state index contributed by atoms with van der Waals surface area (Å²) in [5, 5.41) is 9.15. The van der Waals surface area contributed by atoms with Crippen LogP contribution in [-0.4, -0.2) is 35.2 Å². The number of rotatable bonds is 1. The molecule has 0 unspecified atom stereocenters. The van der Waals surface area contributed by atoms with Crippen LogP contribution in [0.25, 0.3) is 0 Å². The summed E-state index contributed by atoms with van der Waals surface area (Å²) in [5.74, 6) is 0. The van der Waals surface area contributed by atoms with Crippen LogP contribution in [0.3, 0.4) is 0 Å². The predicted molar refractivity (Wildman–Crippen MR) is 44.4 cm³/mol. The van der Waals surface area contributed by atoms with Crippen molar-refractivity contribution in [3.8, 4) is 0 Å². The van der Waals surface area contributed by atoms with Crippen LogP contribution in [0, 0.1) is 5.41 Å². The first-order valence-corrected chi connectivity index (χ1v) is 4.53.